The number of rotatable bonds is 5. The van der Waals surface area contributed by atoms with Crippen LogP contribution in [0.4, 0.5) is 0 Å². The highest BCUT2D eigenvalue weighted by Gasteiger charge is 2.29. The zero-order valence-corrected chi connectivity index (χ0v) is 16.7. The molecule has 152 valence electrons. The minimum atomic E-state index is -0.136. The highest BCUT2D eigenvalue weighted by Crippen LogP contribution is 2.29. The van der Waals surface area contributed by atoms with Gasteiger partial charge in [-0.2, -0.15) is 0 Å². The average molecular weight is 384 g/mol. The predicted octanol–water partition coefficient (Wildman–Crippen LogP) is 2.68. The van der Waals surface area contributed by atoms with Gasteiger partial charge in [-0.15, -0.1) is 0 Å². The first-order valence-corrected chi connectivity index (χ1v) is 11.1. The number of benzene rings is 1. The molecule has 5 heteroatoms. The molecule has 0 saturated heterocycles. The van der Waals surface area contributed by atoms with E-state index in [0.717, 1.165) is 58.0 Å². The monoisotopic (exact) mass is 383 g/mol. The van der Waals surface area contributed by atoms with E-state index in [1.165, 1.54) is 24.0 Å². The molecule has 2 aliphatic carbocycles. The van der Waals surface area contributed by atoms with Crippen LogP contribution in [0.3, 0.4) is 0 Å². The first-order chi connectivity index (χ1) is 13.7. The minimum Gasteiger partial charge on any atom is -0.354 e. The summed E-state index contributed by atoms with van der Waals surface area (Å²) in [7, 11) is 0. The van der Waals surface area contributed by atoms with Gasteiger partial charge in [0, 0.05) is 25.0 Å². The lowest BCUT2D eigenvalue weighted by atomic mass is 9.81. The van der Waals surface area contributed by atoms with E-state index in [1.54, 1.807) is 0 Å². The number of amides is 2. The Morgan fingerprint density at radius 3 is 2.39 bits per heavy atom. The van der Waals surface area contributed by atoms with Gasteiger partial charge < -0.3 is 16.0 Å². The van der Waals surface area contributed by atoms with Gasteiger partial charge >= 0.3 is 0 Å². The van der Waals surface area contributed by atoms with Gasteiger partial charge in [0.05, 0.1) is 6.04 Å². The molecule has 0 bridgehead atoms. The van der Waals surface area contributed by atoms with E-state index in [4.69, 9.17) is 0 Å². The Morgan fingerprint density at radius 1 is 0.929 bits per heavy atom. The molecule has 0 spiro atoms. The van der Waals surface area contributed by atoms with E-state index < -0.39 is 0 Å². The van der Waals surface area contributed by atoms with E-state index in [9.17, 15) is 9.59 Å². The van der Waals surface area contributed by atoms with E-state index in [2.05, 4.69) is 28.1 Å². The fourth-order valence-corrected chi connectivity index (χ4v) is 5.03. The van der Waals surface area contributed by atoms with Crippen molar-refractivity contribution in [1.29, 1.82) is 0 Å². The summed E-state index contributed by atoms with van der Waals surface area (Å²) in [6.07, 6.45) is 9.52. The number of carbonyl (C=O) groups is 2. The highest BCUT2D eigenvalue weighted by atomic mass is 16.2. The summed E-state index contributed by atoms with van der Waals surface area (Å²) in [6, 6.07) is 8.61. The number of fused-ring (bicyclic) bond motifs is 1. The van der Waals surface area contributed by atoms with Gasteiger partial charge in [-0.25, -0.2) is 0 Å². The molecule has 1 aromatic carbocycles. The zero-order chi connectivity index (χ0) is 19.3. The summed E-state index contributed by atoms with van der Waals surface area (Å²) in [5.74, 6) is 1.04. The van der Waals surface area contributed by atoms with E-state index in [1.807, 2.05) is 12.1 Å². The van der Waals surface area contributed by atoms with Crippen molar-refractivity contribution in [3.63, 3.8) is 0 Å². The molecule has 1 heterocycles. The van der Waals surface area contributed by atoms with Gasteiger partial charge in [-0.3, -0.25) is 9.59 Å². The summed E-state index contributed by atoms with van der Waals surface area (Å²) >= 11 is 0. The Kier molecular flexibility index (Phi) is 6.30. The lowest BCUT2D eigenvalue weighted by Crippen LogP contribution is -2.48. The Morgan fingerprint density at radius 2 is 1.64 bits per heavy atom. The van der Waals surface area contributed by atoms with Crippen molar-refractivity contribution in [2.24, 2.45) is 11.8 Å². The van der Waals surface area contributed by atoms with Crippen molar-refractivity contribution in [2.75, 3.05) is 6.54 Å². The lowest BCUT2D eigenvalue weighted by molar-refractivity contribution is -0.127. The third-order valence-corrected chi connectivity index (χ3v) is 6.88. The fraction of sp³-hybridized carbons (Fsp3) is 0.652. The van der Waals surface area contributed by atoms with Gasteiger partial charge in [0.1, 0.15) is 0 Å². The Bertz CT molecular complexity index is 691. The number of hydrogen-bond acceptors (Lipinski definition) is 3. The van der Waals surface area contributed by atoms with Crippen molar-refractivity contribution < 1.29 is 9.59 Å². The minimum absolute atomic E-state index is 0.107. The molecule has 2 saturated carbocycles. The van der Waals surface area contributed by atoms with E-state index in [0.29, 0.717) is 12.0 Å². The molecule has 2 fully saturated rings. The van der Waals surface area contributed by atoms with Crippen molar-refractivity contribution in [2.45, 2.75) is 76.4 Å². The zero-order valence-electron chi connectivity index (χ0n) is 16.7. The first kappa shape index (κ1) is 19.4. The number of hydrogen-bond donors (Lipinski definition) is 3. The molecule has 1 aliphatic heterocycles. The van der Waals surface area contributed by atoms with Crippen LogP contribution in [0, 0.1) is 11.8 Å². The van der Waals surface area contributed by atoms with Crippen LogP contribution in [-0.2, 0) is 22.6 Å². The van der Waals surface area contributed by atoms with Gasteiger partial charge in [0.15, 0.2) is 0 Å². The standard InChI is InChI=1S/C23H33N3O2/c27-22(26-20-7-3-4-8-20)17-11-9-16(10-12-17)14-25-23(28)21-13-18-5-1-2-6-19(18)15-24-21/h1-2,5-6,16-17,20-21,24H,3-4,7-15H2,(H,25,28)(H,26,27)/t16?,17?,21-/m0/s1. The SMILES string of the molecule is O=C(NC1CCCC1)C1CCC(CNC(=O)[C@@H]2Cc3ccccc3CN2)CC1. The highest BCUT2D eigenvalue weighted by molar-refractivity contribution is 5.82. The van der Waals surface area contributed by atoms with Crippen LogP contribution in [-0.4, -0.2) is 30.4 Å². The van der Waals surface area contributed by atoms with Gasteiger partial charge in [-0.1, -0.05) is 37.1 Å². The van der Waals surface area contributed by atoms with Crippen LogP contribution in [0.25, 0.3) is 0 Å². The van der Waals surface area contributed by atoms with Crippen LogP contribution < -0.4 is 16.0 Å². The predicted molar refractivity (Wildman–Crippen MR) is 110 cm³/mol. The third kappa shape index (κ3) is 4.75. The molecular weight excluding hydrogens is 350 g/mol. The third-order valence-electron chi connectivity index (χ3n) is 6.88. The second-order valence-corrected chi connectivity index (χ2v) is 8.86. The van der Waals surface area contributed by atoms with Crippen LogP contribution >= 0.6 is 0 Å². The van der Waals surface area contributed by atoms with E-state index in [-0.39, 0.29) is 23.8 Å². The maximum atomic E-state index is 12.6. The fourth-order valence-electron chi connectivity index (χ4n) is 5.03. The number of carbonyl (C=O) groups excluding carboxylic acids is 2. The van der Waals surface area contributed by atoms with Crippen molar-refractivity contribution in [3.8, 4) is 0 Å². The molecule has 2 amide bonds. The normalized spacial score (nSPS) is 27.8. The smallest absolute Gasteiger partial charge is 0.237 e. The van der Waals surface area contributed by atoms with Crippen LogP contribution in [0.5, 0.6) is 0 Å². The van der Waals surface area contributed by atoms with Crippen LogP contribution in [0.15, 0.2) is 24.3 Å². The van der Waals surface area contributed by atoms with Crippen LogP contribution in [0.2, 0.25) is 0 Å². The van der Waals surface area contributed by atoms with Gasteiger partial charge in [0.2, 0.25) is 11.8 Å². The summed E-state index contributed by atoms with van der Waals surface area (Å²) < 4.78 is 0. The topological polar surface area (TPSA) is 70.2 Å². The Hall–Kier alpha value is -1.88. The molecule has 4 rings (SSSR count). The maximum Gasteiger partial charge on any atom is 0.237 e. The second-order valence-electron chi connectivity index (χ2n) is 8.86. The molecular formula is C23H33N3O2. The Balaban J connectivity index is 1.17. The quantitative estimate of drug-likeness (QED) is 0.732. The summed E-state index contributed by atoms with van der Waals surface area (Å²) in [5, 5.41) is 9.76. The molecule has 0 radical (unpaired) electrons. The maximum absolute atomic E-state index is 12.6. The van der Waals surface area contributed by atoms with Gasteiger partial charge in [0.25, 0.3) is 0 Å². The second kappa shape index (κ2) is 9.08. The summed E-state index contributed by atoms with van der Waals surface area (Å²) in [6.45, 7) is 1.49. The molecule has 28 heavy (non-hydrogen) atoms. The molecule has 1 aromatic rings. The molecule has 5 nitrogen and oxygen atoms in total. The van der Waals surface area contributed by atoms with Crippen molar-refractivity contribution >= 4 is 11.8 Å². The summed E-state index contributed by atoms with van der Waals surface area (Å²) in [5.41, 5.74) is 2.57. The van der Waals surface area contributed by atoms with E-state index >= 15 is 0 Å². The van der Waals surface area contributed by atoms with Crippen LogP contribution in [0.1, 0.15) is 62.5 Å². The lowest BCUT2D eigenvalue weighted by Gasteiger charge is -2.30. The van der Waals surface area contributed by atoms with Gasteiger partial charge in [-0.05, 0) is 62.0 Å². The first-order valence-electron chi connectivity index (χ1n) is 11.1. The number of nitrogens with one attached hydrogen (secondary N) is 3. The average Bonchev–Trinajstić information content (AvgIpc) is 3.25. The Labute approximate surface area is 168 Å². The molecule has 0 aromatic heterocycles. The largest absolute Gasteiger partial charge is 0.354 e. The molecule has 3 N–H and O–H groups in total. The van der Waals surface area contributed by atoms with Crippen molar-refractivity contribution in [1.82, 2.24) is 16.0 Å². The molecule has 0 unspecified atom stereocenters. The summed E-state index contributed by atoms with van der Waals surface area (Å²) in [4.78, 5) is 25.0. The molecule has 3 aliphatic rings. The van der Waals surface area contributed by atoms with Crippen molar-refractivity contribution in [3.05, 3.63) is 35.4 Å². The molecule has 1 atom stereocenters.